The predicted octanol–water partition coefficient (Wildman–Crippen LogP) is 18.7. The van der Waals surface area contributed by atoms with Gasteiger partial charge in [0.25, 0.3) is 0 Å². The van der Waals surface area contributed by atoms with Crippen molar-refractivity contribution in [3.05, 3.63) is 199 Å². The first-order valence-corrected chi connectivity index (χ1v) is 30.7. The lowest BCUT2D eigenvalue weighted by Crippen LogP contribution is -2.28. The van der Waals surface area contributed by atoms with Crippen LogP contribution in [-0.2, 0) is 0 Å². The minimum atomic E-state index is 0.168. The van der Waals surface area contributed by atoms with Crippen molar-refractivity contribution in [2.24, 2.45) is 11.8 Å². The first-order chi connectivity index (χ1) is 27.7. The highest BCUT2D eigenvalue weighted by atomic mass is 32.2. The molecule has 0 spiro atoms. The Morgan fingerprint density at radius 2 is 0.875 bits per heavy atom. The van der Waals surface area contributed by atoms with E-state index in [1.165, 1.54) is 98.1 Å². The van der Waals surface area contributed by atoms with Gasteiger partial charge >= 0.3 is 0 Å². The van der Waals surface area contributed by atoms with Gasteiger partial charge in [0.15, 0.2) is 0 Å². The molecule has 276 valence electrons. The molecule has 2 unspecified atom stereocenters. The summed E-state index contributed by atoms with van der Waals surface area (Å²) in [6, 6.07) is 0. The Labute approximate surface area is 394 Å². The molecule has 0 N–H and O–H groups in total. The molecule has 0 nitrogen and oxygen atoms in total. The van der Waals surface area contributed by atoms with Crippen molar-refractivity contribution in [3.63, 3.8) is 0 Å². The van der Waals surface area contributed by atoms with Gasteiger partial charge in [-0.25, -0.2) is 0 Å². The van der Waals surface area contributed by atoms with Gasteiger partial charge in [-0.1, -0.05) is 219 Å². The Kier molecular flexibility index (Phi) is 11.2. The molecular weight excluding hydrogens is 994 g/mol. The maximum atomic E-state index is 2.61. The Balaban J connectivity index is 0.993. The fourth-order valence-corrected chi connectivity index (χ4v) is 25.4. The monoisotopic (exact) mass is 1010 g/mol. The first-order valence-electron chi connectivity index (χ1n) is 16.9. The number of allylic oxidation sites excluding steroid dienone is 15. The smallest absolute Gasteiger partial charge is 0.0700 e. The summed E-state index contributed by atoms with van der Waals surface area (Å²) >= 11 is 30.3. The van der Waals surface area contributed by atoms with E-state index in [0.717, 1.165) is 0 Å². The highest BCUT2D eigenvalue weighted by molar-refractivity contribution is 8.35. The SMILES string of the molecule is C1=CSC(=C2SC=C(C3=CC(C4=CSC(=C5SC=CS5)S4)=C4C=CC5=C6C(=CC=C3C46)C(C3=CSC(=C4SC=CS4)S3)C=C5C3=CSC(=C4SC=CS4)S3)S2)S1. The quantitative estimate of drug-likeness (QED) is 0.262. The van der Waals surface area contributed by atoms with Crippen molar-refractivity contribution in [1.82, 2.24) is 0 Å². The molecule has 0 radical (unpaired) electrons. The van der Waals surface area contributed by atoms with Gasteiger partial charge in [-0.15, -0.1) is 0 Å². The van der Waals surface area contributed by atoms with Crippen molar-refractivity contribution in [1.29, 1.82) is 0 Å². The van der Waals surface area contributed by atoms with E-state index >= 15 is 0 Å². The van der Waals surface area contributed by atoms with Gasteiger partial charge < -0.3 is 0 Å². The number of hydrogen-bond acceptors (Lipinski definition) is 16. The van der Waals surface area contributed by atoms with Crippen LogP contribution in [0, 0.1) is 11.8 Å². The lowest BCUT2D eigenvalue weighted by molar-refractivity contribution is 0.773. The molecule has 0 amide bonds. The standard InChI is InChI=1S/C40H20S16/c1-2-20-24(28-16-50-38(54-28)34-43-7-8-44-34)14-26(30-18-52-40(56-30)36-47-11-12-48-36)22-4-3-21-25(29-17-51-39(55-29)35-45-9-10-46-35)13-23(19(1)31(21)32(20)22)27-15-49-37(53-27)33-41-5-6-42-33/h1-18,23,32H. The van der Waals surface area contributed by atoms with Crippen molar-refractivity contribution in [2.75, 3.05) is 0 Å². The third-order valence-electron chi connectivity index (χ3n) is 9.57. The molecule has 0 aromatic heterocycles. The molecule has 4 aliphatic carbocycles. The van der Waals surface area contributed by atoms with Gasteiger partial charge in [0.05, 0.1) is 33.9 Å². The third-order valence-corrected chi connectivity index (χ3v) is 29.8. The van der Waals surface area contributed by atoms with Crippen LogP contribution < -0.4 is 0 Å². The van der Waals surface area contributed by atoms with Crippen molar-refractivity contribution >= 4 is 188 Å². The Hall–Kier alpha value is 0.660. The molecular formula is C40H20S16. The van der Waals surface area contributed by atoms with E-state index in [-0.39, 0.29) is 11.8 Å². The highest BCUT2D eigenvalue weighted by Crippen LogP contribution is 2.65. The molecule has 12 rings (SSSR count). The molecule has 0 bridgehead atoms. The summed E-state index contributed by atoms with van der Waals surface area (Å²) in [4.78, 5) is 5.56. The molecule has 0 saturated carbocycles. The van der Waals surface area contributed by atoms with Gasteiger partial charge in [-0.05, 0) is 116 Å². The molecule has 16 heteroatoms. The molecule has 0 aromatic rings. The summed E-state index contributed by atoms with van der Waals surface area (Å²) in [6.45, 7) is 0. The largest absolute Gasteiger partial charge is 0.0884 e. The van der Waals surface area contributed by atoms with Gasteiger partial charge in [0, 0.05) is 31.5 Å². The maximum Gasteiger partial charge on any atom is 0.0700 e. The maximum absolute atomic E-state index is 2.61. The summed E-state index contributed by atoms with van der Waals surface area (Å²) in [5.41, 5.74) is 11.4. The van der Waals surface area contributed by atoms with Crippen LogP contribution in [0.25, 0.3) is 0 Å². The molecule has 0 saturated heterocycles. The van der Waals surface area contributed by atoms with Crippen LogP contribution >= 0.6 is 188 Å². The third kappa shape index (κ3) is 6.93. The molecule has 0 fully saturated rings. The predicted molar refractivity (Wildman–Crippen MR) is 281 cm³/mol. The van der Waals surface area contributed by atoms with Crippen molar-refractivity contribution in [2.45, 2.75) is 0 Å². The highest BCUT2D eigenvalue weighted by Gasteiger charge is 2.45. The molecule has 12 aliphatic rings. The zero-order valence-corrected chi connectivity index (χ0v) is 41.1. The molecule has 0 aromatic carbocycles. The molecule has 56 heavy (non-hydrogen) atoms. The normalized spacial score (nSPS) is 28.7. The van der Waals surface area contributed by atoms with E-state index in [1.807, 2.05) is 188 Å². The van der Waals surface area contributed by atoms with Crippen molar-refractivity contribution in [3.8, 4) is 0 Å². The van der Waals surface area contributed by atoms with E-state index in [2.05, 4.69) is 101 Å². The fraction of sp³-hybridized carbons (Fsp3) is 0.0500. The Morgan fingerprint density at radius 3 is 1.46 bits per heavy atom. The second kappa shape index (κ2) is 16.4. The summed E-state index contributed by atoms with van der Waals surface area (Å²) in [6.07, 6.45) is 15.1. The van der Waals surface area contributed by atoms with Crippen molar-refractivity contribution < 1.29 is 0 Å². The van der Waals surface area contributed by atoms with E-state index in [9.17, 15) is 0 Å². The lowest BCUT2D eigenvalue weighted by Gasteiger charge is -2.42. The van der Waals surface area contributed by atoms with E-state index in [4.69, 9.17) is 0 Å². The van der Waals surface area contributed by atoms with Crippen LogP contribution in [0.4, 0.5) is 0 Å². The average Bonchev–Trinajstić information content (AvgIpc) is 4.10. The summed E-state index contributed by atoms with van der Waals surface area (Å²) in [7, 11) is 0. The Bertz CT molecular complexity index is 2540. The average molecular weight is 1010 g/mol. The molecule has 8 aliphatic heterocycles. The molecule has 2 atom stereocenters. The van der Waals surface area contributed by atoms with Gasteiger partial charge in [0.1, 0.15) is 0 Å². The first kappa shape index (κ1) is 38.3. The van der Waals surface area contributed by atoms with Gasteiger partial charge in [0.2, 0.25) is 0 Å². The van der Waals surface area contributed by atoms with E-state index in [0.29, 0.717) is 0 Å². The van der Waals surface area contributed by atoms with E-state index < -0.39 is 0 Å². The fourth-order valence-electron chi connectivity index (χ4n) is 7.31. The number of hydrogen-bond donors (Lipinski definition) is 0. The number of rotatable bonds is 4. The Morgan fingerprint density at radius 1 is 0.393 bits per heavy atom. The minimum absolute atomic E-state index is 0.168. The zero-order chi connectivity index (χ0) is 36.7. The zero-order valence-electron chi connectivity index (χ0n) is 28.1. The van der Waals surface area contributed by atoms with Crippen LogP contribution in [0.5, 0.6) is 0 Å². The van der Waals surface area contributed by atoms with Crippen LogP contribution in [0.15, 0.2) is 199 Å². The van der Waals surface area contributed by atoms with Crippen LogP contribution in [0.3, 0.4) is 0 Å². The van der Waals surface area contributed by atoms with Crippen LogP contribution in [0.2, 0.25) is 0 Å². The van der Waals surface area contributed by atoms with E-state index in [1.54, 1.807) is 0 Å². The van der Waals surface area contributed by atoms with Crippen LogP contribution in [-0.4, -0.2) is 0 Å². The van der Waals surface area contributed by atoms with Crippen LogP contribution in [0.1, 0.15) is 0 Å². The number of thioether (sulfide) groups is 16. The summed E-state index contributed by atoms with van der Waals surface area (Å²) in [5.74, 6) is 0.362. The second-order valence-electron chi connectivity index (χ2n) is 12.5. The van der Waals surface area contributed by atoms with Gasteiger partial charge in [-0.3, -0.25) is 0 Å². The topological polar surface area (TPSA) is 0 Å². The summed E-state index contributed by atoms with van der Waals surface area (Å²) in [5, 5.41) is 27.4. The lowest BCUT2D eigenvalue weighted by atomic mass is 9.62. The van der Waals surface area contributed by atoms with Gasteiger partial charge in [-0.2, -0.15) is 0 Å². The second-order valence-corrected chi connectivity index (χ2v) is 29.7. The minimum Gasteiger partial charge on any atom is -0.0884 e. The molecule has 8 heterocycles. The summed E-state index contributed by atoms with van der Waals surface area (Å²) < 4.78 is 11.2.